The van der Waals surface area contributed by atoms with Gasteiger partial charge in [-0.1, -0.05) is 0 Å². The first-order valence-corrected chi connectivity index (χ1v) is 8.26. The van der Waals surface area contributed by atoms with E-state index >= 15 is 0 Å². The van der Waals surface area contributed by atoms with E-state index in [0.29, 0.717) is 19.8 Å². The zero-order chi connectivity index (χ0) is 12.8. The summed E-state index contributed by atoms with van der Waals surface area (Å²) in [5, 5.41) is 0. The van der Waals surface area contributed by atoms with Gasteiger partial charge in [-0.05, 0) is 0 Å². The topological polar surface area (TPSA) is 17.1 Å². The Labute approximate surface area is 118 Å². The molecule has 2 heteroatoms. The molecule has 0 saturated carbocycles. The first-order valence-electron chi connectivity index (χ1n) is 6.41. The third kappa shape index (κ3) is 1.72. The number of hydrogen-bond acceptors (Lipinski definition) is 1. The van der Waals surface area contributed by atoms with Gasteiger partial charge < -0.3 is 0 Å². The van der Waals surface area contributed by atoms with Gasteiger partial charge in [-0.25, -0.2) is 0 Å². The van der Waals surface area contributed by atoms with Crippen LogP contribution in [0.5, 0.6) is 0 Å². The molecular formula is C17H12OSe. The van der Waals surface area contributed by atoms with E-state index in [2.05, 4.69) is 36.4 Å². The molecule has 1 heterocycles. The van der Waals surface area contributed by atoms with Crippen molar-refractivity contribution in [2.24, 2.45) is 0 Å². The van der Waals surface area contributed by atoms with Gasteiger partial charge >= 0.3 is 118 Å². The molecule has 19 heavy (non-hydrogen) atoms. The predicted octanol–water partition coefficient (Wildman–Crippen LogP) is 2.29. The molecule has 1 aromatic rings. The molecule has 2 aliphatic carbocycles. The average molecular weight is 311 g/mol. The molecule has 0 N–H and O–H groups in total. The third-order valence-corrected chi connectivity index (χ3v) is 6.83. The molecule has 1 atom stereocenters. The minimum absolute atomic E-state index is 0.155. The second kappa shape index (κ2) is 4.19. The van der Waals surface area contributed by atoms with E-state index in [1.54, 1.807) is 6.08 Å². The van der Waals surface area contributed by atoms with Crippen LogP contribution in [0.1, 0.15) is 5.56 Å². The molecule has 4 rings (SSSR count). The summed E-state index contributed by atoms with van der Waals surface area (Å²) in [6.07, 6.45) is 10.9. The van der Waals surface area contributed by atoms with E-state index in [1.165, 1.54) is 21.2 Å². The van der Waals surface area contributed by atoms with Crippen LogP contribution in [0.3, 0.4) is 0 Å². The molecule has 0 amide bonds. The van der Waals surface area contributed by atoms with Crippen molar-refractivity contribution < 1.29 is 4.79 Å². The van der Waals surface area contributed by atoms with Crippen molar-refractivity contribution in [3.8, 4) is 0 Å². The van der Waals surface area contributed by atoms with Crippen molar-refractivity contribution in [1.82, 2.24) is 0 Å². The standard InChI is InChI=1S/C17H12OSe/c18-15-6-3-5-14-13(15)9-8-12-10-11-4-1-2-7-16(11)19-17(12)14/h1-9,17H,10H2. The molecule has 0 radical (unpaired) electrons. The maximum atomic E-state index is 11.9. The number of benzene rings is 1. The fourth-order valence-corrected chi connectivity index (χ4v) is 5.68. The Morgan fingerprint density at radius 3 is 2.95 bits per heavy atom. The van der Waals surface area contributed by atoms with Gasteiger partial charge in [0.25, 0.3) is 0 Å². The second-order valence-corrected chi connectivity index (χ2v) is 7.36. The zero-order valence-corrected chi connectivity index (χ0v) is 12.0. The van der Waals surface area contributed by atoms with E-state index in [-0.39, 0.29) is 5.78 Å². The van der Waals surface area contributed by atoms with E-state index in [9.17, 15) is 4.79 Å². The van der Waals surface area contributed by atoms with Crippen molar-refractivity contribution in [2.45, 2.75) is 11.2 Å². The monoisotopic (exact) mass is 312 g/mol. The number of carbonyl (C=O) groups excluding carboxylic acids is 1. The maximum absolute atomic E-state index is 11.9. The van der Waals surface area contributed by atoms with Crippen molar-refractivity contribution in [3.63, 3.8) is 0 Å². The van der Waals surface area contributed by atoms with E-state index in [4.69, 9.17) is 0 Å². The summed E-state index contributed by atoms with van der Waals surface area (Å²) in [7, 11) is 0. The summed E-state index contributed by atoms with van der Waals surface area (Å²) in [6.45, 7) is 0. The normalized spacial score (nSPS) is 23.7. The third-order valence-electron chi connectivity index (χ3n) is 3.80. The Morgan fingerprint density at radius 1 is 1.11 bits per heavy atom. The second-order valence-electron chi connectivity index (χ2n) is 4.95. The molecule has 0 saturated heterocycles. The minimum atomic E-state index is 0.155. The number of rotatable bonds is 0. The Kier molecular flexibility index (Phi) is 2.48. The van der Waals surface area contributed by atoms with Crippen molar-refractivity contribution in [3.05, 3.63) is 76.9 Å². The van der Waals surface area contributed by atoms with Gasteiger partial charge in [-0.3, -0.25) is 0 Å². The summed E-state index contributed by atoms with van der Waals surface area (Å²) in [6, 6.07) is 8.71. The molecule has 3 aliphatic rings. The molecule has 92 valence electrons. The van der Waals surface area contributed by atoms with Crippen LogP contribution in [0.2, 0.25) is 4.82 Å². The number of fused-ring (bicyclic) bond motifs is 4. The average Bonchev–Trinajstić information content (AvgIpc) is 2.45. The van der Waals surface area contributed by atoms with Gasteiger partial charge in [-0.2, -0.15) is 0 Å². The number of carbonyl (C=O) groups is 1. The Hall–Kier alpha value is -1.63. The Bertz CT molecular complexity index is 704. The summed E-state index contributed by atoms with van der Waals surface area (Å²) >= 11 is 0.386. The Morgan fingerprint density at radius 2 is 2.00 bits per heavy atom. The van der Waals surface area contributed by atoms with E-state index in [1.807, 2.05) is 12.2 Å². The number of allylic oxidation sites excluding steroid dienone is 8. The number of hydrogen-bond donors (Lipinski definition) is 0. The van der Waals surface area contributed by atoms with Crippen LogP contribution in [-0.4, -0.2) is 20.7 Å². The summed E-state index contributed by atoms with van der Waals surface area (Å²) in [5.41, 5.74) is 5.06. The van der Waals surface area contributed by atoms with E-state index < -0.39 is 0 Å². The molecule has 1 unspecified atom stereocenters. The van der Waals surface area contributed by atoms with Crippen LogP contribution in [0.15, 0.2) is 71.4 Å². The van der Waals surface area contributed by atoms with Gasteiger partial charge in [-0.15, -0.1) is 0 Å². The van der Waals surface area contributed by atoms with Crippen molar-refractivity contribution >= 4 is 25.2 Å². The molecular weight excluding hydrogens is 299 g/mol. The van der Waals surface area contributed by atoms with Crippen molar-refractivity contribution in [1.29, 1.82) is 0 Å². The van der Waals surface area contributed by atoms with Crippen LogP contribution >= 0.6 is 0 Å². The van der Waals surface area contributed by atoms with Gasteiger partial charge in [0.2, 0.25) is 0 Å². The van der Waals surface area contributed by atoms with Crippen LogP contribution in [-0.2, 0) is 11.2 Å². The first-order chi connectivity index (χ1) is 9.33. The quantitative estimate of drug-likeness (QED) is 0.672. The summed E-state index contributed by atoms with van der Waals surface area (Å²) < 4.78 is 1.49. The molecule has 1 aromatic carbocycles. The molecule has 0 bridgehead atoms. The fourth-order valence-electron chi connectivity index (χ4n) is 2.85. The van der Waals surface area contributed by atoms with Crippen LogP contribution in [0, 0.1) is 0 Å². The van der Waals surface area contributed by atoms with E-state index in [0.717, 1.165) is 12.0 Å². The molecule has 0 aromatic heterocycles. The van der Waals surface area contributed by atoms with Crippen LogP contribution in [0.4, 0.5) is 0 Å². The summed E-state index contributed by atoms with van der Waals surface area (Å²) in [5.74, 6) is 0.155. The molecule has 1 nitrogen and oxygen atoms in total. The van der Waals surface area contributed by atoms with Crippen LogP contribution < -0.4 is 4.46 Å². The predicted molar refractivity (Wildman–Crippen MR) is 77.7 cm³/mol. The van der Waals surface area contributed by atoms with Gasteiger partial charge in [0, 0.05) is 0 Å². The van der Waals surface area contributed by atoms with Crippen molar-refractivity contribution in [2.75, 3.05) is 0 Å². The van der Waals surface area contributed by atoms with Gasteiger partial charge in [0.1, 0.15) is 0 Å². The molecule has 0 spiro atoms. The van der Waals surface area contributed by atoms with Gasteiger partial charge in [0.15, 0.2) is 0 Å². The van der Waals surface area contributed by atoms with Gasteiger partial charge in [0.05, 0.1) is 0 Å². The molecule has 1 aliphatic heterocycles. The Balaban J connectivity index is 1.83. The SMILES string of the molecule is O=C1C=CC=C2C1=CC=C1Cc3ccccc3[Se]C12. The summed E-state index contributed by atoms with van der Waals surface area (Å²) in [4.78, 5) is 12.4. The zero-order valence-electron chi connectivity index (χ0n) is 10.3. The fraction of sp³-hybridized carbons (Fsp3) is 0.118. The van der Waals surface area contributed by atoms with Crippen LogP contribution in [0.25, 0.3) is 0 Å². The number of ketones is 1. The molecule has 0 fully saturated rings. The first kappa shape index (κ1) is 11.2.